The molecule has 0 unspecified atom stereocenters. The van der Waals surface area contributed by atoms with Crippen LogP contribution in [0.1, 0.15) is 26.7 Å². The molecule has 2 rings (SSSR count). The number of nitrogens with zero attached hydrogens (tertiary/aromatic N) is 5. The van der Waals surface area contributed by atoms with Crippen LogP contribution in [0, 0.1) is 0 Å². The second-order valence-electron chi connectivity index (χ2n) is 4.36. The summed E-state index contributed by atoms with van der Waals surface area (Å²) in [5.41, 5.74) is 0. The highest BCUT2D eigenvalue weighted by molar-refractivity contribution is 5.28. The number of aromatic nitrogens is 5. The van der Waals surface area contributed by atoms with Crippen LogP contribution in [-0.4, -0.2) is 38.4 Å². The molecule has 0 aliphatic carbocycles. The number of hydrogen-bond donors (Lipinski definition) is 1. The number of anilines is 1. The summed E-state index contributed by atoms with van der Waals surface area (Å²) in [5.74, 6) is 0.977. The van der Waals surface area contributed by atoms with Crippen LogP contribution in [-0.2, 0) is 6.54 Å². The number of rotatable bonds is 8. The van der Waals surface area contributed by atoms with Crippen molar-refractivity contribution in [2.24, 2.45) is 0 Å². The molecule has 0 fully saturated rings. The van der Waals surface area contributed by atoms with Crippen LogP contribution in [0.3, 0.4) is 0 Å². The van der Waals surface area contributed by atoms with Crippen molar-refractivity contribution < 1.29 is 9.47 Å². The fraction of sp³-hybridized carbons (Fsp3) is 0.538. The fourth-order valence-electron chi connectivity index (χ4n) is 1.61. The van der Waals surface area contributed by atoms with Crippen LogP contribution in [0.4, 0.5) is 5.95 Å². The zero-order valence-electron chi connectivity index (χ0n) is 12.5. The number of hydrogen-bond acceptors (Lipinski definition) is 7. The van der Waals surface area contributed by atoms with Gasteiger partial charge in [0.25, 0.3) is 0 Å². The molecule has 2 aromatic rings. The molecule has 0 atom stereocenters. The van der Waals surface area contributed by atoms with Crippen LogP contribution in [0.5, 0.6) is 17.8 Å². The largest absolute Gasteiger partial charge is 0.463 e. The molecule has 8 heteroatoms. The summed E-state index contributed by atoms with van der Waals surface area (Å²) in [7, 11) is 1.72. The molecular formula is C13H20N6O2. The van der Waals surface area contributed by atoms with Gasteiger partial charge in [-0.25, -0.2) is 0 Å². The minimum absolute atomic E-state index is 0.177. The average Bonchev–Trinajstić information content (AvgIpc) is 2.92. The molecule has 114 valence electrons. The van der Waals surface area contributed by atoms with Crippen molar-refractivity contribution in [1.29, 1.82) is 0 Å². The first kappa shape index (κ1) is 15.0. The van der Waals surface area contributed by atoms with Gasteiger partial charge in [-0.15, -0.1) is 4.98 Å². The summed E-state index contributed by atoms with van der Waals surface area (Å²) in [5, 5.41) is 7.04. The minimum Gasteiger partial charge on any atom is -0.463 e. The third-order valence-electron chi connectivity index (χ3n) is 2.52. The van der Waals surface area contributed by atoms with Crippen molar-refractivity contribution in [2.45, 2.75) is 33.2 Å². The zero-order valence-corrected chi connectivity index (χ0v) is 12.5. The van der Waals surface area contributed by atoms with E-state index in [9.17, 15) is 0 Å². The molecule has 2 heterocycles. The van der Waals surface area contributed by atoms with Gasteiger partial charge in [-0.3, -0.25) is 4.68 Å². The molecule has 0 bridgehead atoms. The Morgan fingerprint density at radius 1 is 1.14 bits per heavy atom. The lowest BCUT2D eigenvalue weighted by Gasteiger charge is -2.07. The predicted octanol–water partition coefficient (Wildman–Crippen LogP) is 2.10. The highest BCUT2D eigenvalue weighted by Gasteiger charge is 2.10. The van der Waals surface area contributed by atoms with Gasteiger partial charge in [0.15, 0.2) is 5.75 Å². The van der Waals surface area contributed by atoms with Crippen molar-refractivity contribution >= 4 is 5.95 Å². The highest BCUT2D eigenvalue weighted by atomic mass is 16.5. The van der Waals surface area contributed by atoms with E-state index < -0.39 is 0 Å². The Kier molecular flexibility index (Phi) is 5.30. The van der Waals surface area contributed by atoms with Gasteiger partial charge in [-0.05, 0) is 12.8 Å². The molecule has 0 aliphatic rings. The highest BCUT2D eigenvalue weighted by Crippen LogP contribution is 2.20. The maximum atomic E-state index is 5.60. The van der Waals surface area contributed by atoms with Crippen molar-refractivity contribution in [3.63, 3.8) is 0 Å². The second-order valence-corrected chi connectivity index (χ2v) is 4.36. The standard InChI is InChI=1S/C13H20N6O2/c1-4-6-19-9-10(8-15-19)21-13-17-11(14-3)16-12(18-13)20-7-5-2/h8-9H,4-7H2,1-3H3,(H,14,16,17,18). The number of aryl methyl sites for hydroxylation is 1. The summed E-state index contributed by atoms with van der Waals surface area (Å²) in [6.07, 6.45) is 5.32. The van der Waals surface area contributed by atoms with Gasteiger partial charge in [-0.1, -0.05) is 13.8 Å². The van der Waals surface area contributed by atoms with Crippen LogP contribution in [0.2, 0.25) is 0 Å². The maximum Gasteiger partial charge on any atom is 0.330 e. The molecule has 8 nitrogen and oxygen atoms in total. The summed E-state index contributed by atoms with van der Waals surface area (Å²) < 4.78 is 12.8. The normalized spacial score (nSPS) is 10.4. The maximum absolute atomic E-state index is 5.60. The van der Waals surface area contributed by atoms with E-state index in [1.807, 2.05) is 11.6 Å². The zero-order chi connectivity index (χ0) is 15.1. The first-order chi connectivity index (χ1) is 10.2. The van der Waals surface area contributed by atoms with Crippen LogP contribution in [0.25, 0.3) is 0 Å². The molecule has 21 heavy (non-hydrogen) atoms. The molecule has 0 spiro atoms. The Morgan fingerprint density at radius 2 is 1.95 bits per heavy atom. The van der Waals surface area contributed by atoms with Gasteiger partial charge < -0.3 is 14.8 Å². The topological polar surface area (TPSA) is 87.0 Å². The predicted molar refractivity (Wildman–Crippen MR) is 77.8 cm³/mol. The summed E-state index contributed by atoms with van der Waals surface area (Å²) >= 11 is 0. The van der Waals surface area contributed by atoms with Crippen molar-refractivity contribution in [2.75, 3.05) is 19.0 Å². The van der Waals surface area contributed by atoms with E-state index in [0.29, 0.717) is 18.3 Å². The summed E-state index contributed by atoms with van der Waals surface area (Å²) in [6.45, 7) is 5.48. The lowest BCUT2D eigenvalue weighted by Crippen LogP contribution is -2.06. The van der Waals surface area contributed by atoms with Gasteiger partial charge in [0.2, 0.25) is 5.95 Å². The molecule has 0 amide bonds. The van der Waals surface area contributed by atoms with Crippen molar-refractivity contribution in [3.8, 4) is 17.8 Å². The van der Waals surface area contributed by atoms with Crippen LogP contribution < -0.4 is 14.8 Å². The van der Waals surface area contributed by atoms with E-state index >= 15 is 0 Å². The van der Waals surface area contributed by atoms with Gasteiger partial charge in [0, 0.05) is 13.6 Å². The van der Waals surface area contributed by atoms with E-state index in [-0.39, 0.29) is 12.0 Å². The van der Waals surface area contributed by atoms with E-state index in [1.54, 1.807) is 19.4 Å². The average molecular weight is 292 g/mol. The molecule has 0 radical (unpaired) electrons. The molecule has 1 N–H and O–H groups in total. The molecule has 0 saturated heterocycles. The molecule has 0 aromatic carbocycles. The lowest BCUT2D eigenvalue weighted by molar-refractivity contribution is 0.285. The van der Waals surface area contributed by atoms with Gasteiger partial charge in [0.1, 0.15) is 0 Å². The lowest BCUT2D eigenvalue weighted by atomic mass is 10.5. The number of nitrogens with one attached hydrogen (secondary N) is 1. The third kappa shape index (κ3) is 4.30. The van der Waals surface area contributed by atoms with Crippen LogP contribution >= 0.6 is 0 Å². The van der Waals surface area contributed by atoms with E-state index in [4.69, 9.17) is 9.47 Å². The van der Waals surface area contributed by atoms with Crippen molar-refractivity contribution in [1.82, 2.24) is 24.7 Å². The second kappa shape index (κ2) is 7.41. The van der Waals surface area contributed by atoms with Crippen molar-refractivity contribution in [3.05, 3.63) is 12.4 Å². The molecule has 0 aliphatic heterocycles. The van der Waals surface area contributed by atoms with E-state index in [2.05, 4.69) is 32.3 Å². The quantitative estimate of drug-likeness (QED) is 0.797. The Balaban J connectivity index is 2.13. The summed E-state index contributed by atoms with van der Waals surface area (Å²) in [4.78, 5) is 12.4. The van der Waals surface area contributed by atoms with Gasteiger partial charge in [0.05, 0.1) is 19.0 Å². The Hall–Kier alpha value is -2.38. The monoisotopic (exact) mass is 292 g/mol. The molecule has 0 saturated carbocycles. The minimum atomic E-state index is 0.177. The third-order valence-corrected chi connectivity index (χ3v) is 2.52. The Labute approximate surface area is 123 Å². The Morgan fingerprint density at radius 3 is 2.67 bits per heavy atom. The SMILES string of the molecule is CCCOc1nc(NC)nc(Oc2cnn(CCC)c2)n1. The van der Waals surface area contributed by atoms with E-state index in [1.165, 1.54) is 0 Å². The van der Waals surface area contributed by atoms with Gasteiger partial charge in [-0.2, -0.15) is 15.1 Å². The molecular weight excluding hydrogens is 272 g/mol. The first-order valence-electron chi connectivity index (χ1n) is 7.02. The first-order valence-corrected chi connectivity index (χ1v) is 7.02. The number of ether oxygens (including phenoxy) is 2. The van der Waals surface area contributed by atoms with Gasteiger partial charge >= 0.3 is 12.0 Å². The Bertz CT molecular complexity index is 572. The summed E-state index contributed by atoms with van der Waals surface area (Å²) in [6, 6.07) is 0.420. The smallest absolute Gasteiger partial charge is 0.330 e. The molecule has 2 aromatic heterocycles. The fourth-order valence-corrected chi connectivity index (χ4v) is 1.61. The van der Waals surface area contributed by atoms with E-state index in [0.717, 1.165) is 19.4 Å². The van der Waals surface area contributed by atoms with Crippen LogP contribution in [0.15, 0.2) is 12.4 Å².